The van der Waals surface area contributed by atoms with Crippen LogP contribution in [0, 0.1) is 11.3 Å². The molecule has 0 N–H and O–H groups in total. The van der Waals surface area contributed by atoms with E-state index in [4.69, 9.17) is 23.2 Å². The minimum Gasteiger partial charge on any atom is -0.465 e. The number of methoxy groups -OCH3 is 1. The molecule has 0 aliphatic rings. The smallest absolute Gasteiger partial charge is 0.337 e. The molecule has 0 saturated heterocycles. The van der Waals surface area contributed by atoms with Crippen LogP contribution in [-0.4, -0.2) is 18.1 Å². The molecule has 0 saturated carbocycles. The average molecular weight is 415 g/mol. The minimum atomic E-state index is -0.405. The normalized spacial score (nSPS) is 11.1. The second-order valence-corrected chi connectivity index (χ2v) is 7.12. The van der Waals surface area contributed by atoms with Gasteiger partial charge in [-0.3, -0.25) is 0 Å². The Bertz CT molecular complexity index is 1070. The van der Waals surface area contributed by atoms with Crippen molar-refractivity contribution in [1.29, 1.82) is 5.26 Å². The van der Waals surface area contributed by atoms with Gasteiger partial charge in [-0.2, -0.15) is 5.26 Å². The molecular weight excluding hydrogens is 403 g/mol. The molecule has 3 aromatic rings. The fourth-order valence-electron chi connectivity index (χ4n) is 2.33. The Hall–Kier alpha value is -2.65. The number of aromatic nitrogens is 1. The van der Waals surface area contributed by atoms with Gasteiger partial charge in [0.25, 0.3) is 0 Å². The van der Waals surface area contributed by atoms with Crippen LogP contribution in [0.25, 0.3) is 22.9 Å². The number of halogens is 2. The van der Waals surface area contributed by atoms with Crippen LogP contribution in [0.3, 0.4) is 0 Å². The summed E-state index contributed by atoms with van der Waals surface area (Å²) >= 11 is 13.4. The molecule has 0 spiro atoms. The summed E-state index contributed by atoms with van der Waals surface area (Å²) in [5.41, 5.74) is 3.20. The Morgan fingerprint density at radius 2 is 1.93 bits per heavy atom. The lowest BCUT2D eigenvalue weighted by Gasteiger charge is -2.00. The molecule has 0 aliphatic carbocycles. The quantitative estimate of drug-likeness (QED) is 0.389. The first-order chi connectivity index (χ1) is 13.0. The first kappa shape index (κ1) is 19.1. The lowest BCUT2D eigenvalue weighted by atomic mass is 10.1. The Balaban J connectivity index is 1.89. The summed E-state index contributed by atoms with van der Waals surface area (Å²) in [5.74, 6) is -0.405. The van der Waals surface area contributed by atoms with Gasteiger partial charge in [0.2, 0.25) is 0 Å². The fraction of sp³-hybridized carbons (Fsp3) is 0.0500. The molecule has 0 bridgehead atoms. The van der Waals surface area contributed by atoms with E-state index in [9.17, 15) is 10.1 Å². The van der Waals surface area contributed by atoms with Crippen LogP contribution >= 0.6 is 34.5 Å². The summed E-state index contributed by atoms with van der Waals surface area (Å²) in [6.45, 7) is 0. The first-order valence-electron chi connectivity index (χ1n) is 7.73. The van der Waals surface area contributed by atoms with E-state index in [1.54, 1.807) is 42.5 Å². The van der Waals surface area contributed by atoms with Gasteiger partial charge in [-0.25, -0.2) is 9.78 Å². The van der Waals surface area contributed by atoms with Crippen LogP contribution in [0.5, 0.6) is 0 Å². The van der Waals surface area contributed by atoms with Crippen molar-refractivity contribution in [3.63, 3.8) is 0 Å². The third-order valence-corrected chi connectivity index (χ3v) is 5.33. The highest BCUT2D eigenvalue weighted by molar-refractivity contribution is 7.11. The van der Waals surface area contributed by atoms with Crippen molar-refractivity contribution in [1.82, 2.24) is 4.98 Å². The van der Waals surface area contributed by atoms with Crippen LogP contribution < -0.4 is 0 Å². The van der Waals surface area contributed by atoms with Crippen molar-refractivity contribution in [3.8, 4) is 17.3 Å². The lowest BCUT2D eigenvalue weighted by Crippen LogP contribution is -2.00. The Kier molecular flexibility index (Phi) is 5.92. The largest absolute Gasteiger partial charge is 0.465 e. The molecule has 0 amide bonds. The zero-order chi connectivity index (χ0) is 19.4. The summed E-state index contributed by atoms with van der Waals surface area (Å²) < 4.78 is 4.68. The Morgan fingerprint density at radius 3 is 2.56 bits per heavy atom. The molecule has 27 heavy (non-hydrogen) atoms. The number of nitriles is 1. The number of rotatable bonds is 4. The van der Waals surface area contributed by atoms with Gasteiger partial charge in [0, 0.05) is 10.9 Å². The molecule has 0 radical (unpaired) electrons. The molecule has 1 heterocycles. The molecule has 7 heteroatoms. The highest BCUT2D eigenvalue weighted by Gasteiger charge is 2.11. The first-order valence-corrected chi connectivity index (χ1v) is 9.37. The summed E-state index contributed by atoms with van der Waals surface area (Å²) in [5, 5.41) is 12.9. The molecule has 134 valence electrons. The second kappa shape index (κ2) is 8.36. The van der Waals surface area contributed by atoms with E-state index in [1.165, 1.54) is 18.4 Å². The number of esters is 1. The predicted octanol–water partition coefficient (Wildman–Crippen LogP) is 5.97. The van der Waals surface area contributed by atoms with E-state index in [0.29, 0.717) is 26.2 Å². The third-order valence-electron chi connectivity index (χ3n) is 3.71. The number of nitrogens with zero attached hydrogens (tertiary/aromatic N) is 2. The highest BCUT2D eigenvalue weighted by Crippen LogP contribution is 2.31. The van der Waals surface area contributed by atoms with E-state index in [1.807, 2.05) is 11.4 Å². The maximum atomic E-state index is 11.5. The van der Waals surface area contributed by atoms with Crippen molar-refractivity contribution in [2.45, 2.75) is 0 Å². The maximum Gasteiger partial charge on any atom is 0.337 e. The molecule has 3 rings (SSSR count). The number of benzene rings is 2. The lowest BCUT2D eigenvalue weighted by molar-refractivity contribution is 0.0600. The highest BCUT2D eigenvalue weighted by atomic mass is 35.5. The zero-order valence-electron chi connectivity index (χ0n) is 14.1. The van der Waals surface area contributed by atoms with Gasteiger partial charge in [-0.1, -0.05) is 41.4 Å². The number of carbonyl (C=O) groups is 1. The van der Waals surface area contributed by atoms with Gasteiger partial charge in [0.05, 0.1) is 34.0 Å². The summed E-state index contributed by atoms with van der Waals surface area (Å²) in [4.78, 5) is 16.0. The average Bonchev–Trinajstić information content (AvgIpc) is 3.18. The molecular formula is C20H12Cl2N2O2S. The Morgan fingerprint density at radius 1 is 1.19 bits per heavy atom. The Labute approximate surface area is 170 Å². The second-order valence-electron chi connectivity index (χ2n) is 5.45. The molecule has 4 nitrogen and oxygen atoms in total. The monoisotopic (exact) mass is 414 g/mol. The van der Waals surface area contributed by atoms with Crippen LogP contribution in [0.15, 0.2) is 47.8 Å². The molecule has 0 fully saturated rings. The molecule has 0 unspecified atom stereocenters. The van der Waals surface area contributed by atoms with Crippen molar-refractivity contribution >= 4 is 52.2 Å². The van der Waals surface area contributed by atoms with Gasteiger partial charge in [0.1, 0.15) is 11.1 Å². The standard InChI is InChI=1S/C20H12Cl2N2O2S/c1-26-20(25)13-4-2-12(3-5-13)8-15(10-23)19-24-18(11-27-19)14-6-7-16(21)17(22)9-14/h2-9,11H,1H3/b15-8-. The fourth-order valence-corrected chi connectivity index (χ4v) is 3.42. The summed E-state index contributed by atoms with van der Waals surface area (Å²) in [7, 11) is 1.33. The van der Waals surface area contributed by atoms with Crippen molar-refractivity contribution < 1.29 is 9.53 Å². The molecule has 2 aromatic carbocycles. The number of hydrogen-bond acceptors (Lipinski definition) is 5. The van der Waals surface area contributed by atoms with Crippen LogP contribution in [0.1, 0.15) is 20.9 Å². The molecule has 0 aliphatic heterocycles. The molecule has 1 aromatic heterocycles. The summed E-state index contributed by atoms with van der Waals surface area (Å²) in [6, 6.07) is 14.2. The van der Waals surface area contributed by atoms with Crippen molar-refractivity contribution in [3.05, 3.63) is 74.0 Å². The van der Waals surface area contributed by atoms with Crippen LogP contribution in [-0.2, 0) is 4.74 Å². The zero-order valence-corrected chi connectivity index (χ0v) is 16.4. The van der Waals surface area contributed by atoms with E-state index in [0.717, 1.165) is 16.8 Å². The van der Waals surface area contributed by atoms with Crippen LogP contribution in [0.4, 0.5) is 0 Å². The number of allylic oxidation sites excluding steroid dienone is 1. The van der Waals surface area contributed by atoms with Gasteiger partial charge in [-0.15, -0.1) is 11.3 Å². The number of thiazole rings is 1. The predicted molar refractivity (Wildman–Crippen MR) is 109 cm³/mol. The van der Waals surface area contributed by atoms with Gasteiger partial charge in [0.15, 0.2) is 0 Å². The van der Waals surface area contributed by atoms with Gasteiger partial charge >= 0.3 is 5.97 Å². The van der Waals surface area contributed by atoms with Gasteiger partial charge < -0.3 is 4.74 Å². The van der Waals surface area contributed by atoms with Crippen molar-refractivity contribution in [2.75, 3.05) is 7.11 Å². The van der Waals surface area contributed by atoms with E-state index in [-0.39, 0.29) is 0 Å². The molecule has 0 atom stereocenters. The number of ether oxygens (including phenoxy) is 1. The number of hydrogen-bond donors (Lipinski definition) is 0. The topological polar surface area (TPSA) is 63.0 Å². The maximum absolute atomic E-state index is 11.5. The van der Waals surface area contributed by atoms with E-state index < -0.39 is 5.97 Å². The van der Waals surface area contributed by atoms with Gasteiger partial charge in [-0.05, 0) is 35.9 Å². The minimum absolute atomic E-state index is 0.405. The SMILES string of the molecule is COC(=O)c1ccc(/C=C(/C#N)c2nc(-c3ccc(Cl)c(Cl)c3)cs2)cc1. The number of carbonyl (C=O) groups excluding carboxylic acids is 1. The summed E-state index contributed by atoms with van der Waals surface area (Å²) in [6.07, 6.45) is 1.72. The van der Waals surface area contributed by atoms with Crippen LogP contribution in [0.2, 0.25) is 10.0 Å². The van der Waals surface area contributed by atoms with Crippen molar-refractivity contribution in [2.24, 2.45) is 0 Å². The van der Waals surface area contributed by atoms with E-state index in [2.05, 4.69) is 15.8 Å². The van der Waals surface area contributed by atoms with E-state index >= 15 is 0 Å². The third kappa shape index (κ3) is 4.37.